The fourth-order valence-corrected chi connectivity index (χ4v) is 12.1. The summed E-state index contributed by atoms with van der Waals surface area (Å²) in [5, 5.41) is 9.51. The zero-order valence-corrected chi connectivity index (χ0v) is 27.6. The van der Waals surface area contributed by atoms with Crippen LogP contribution in [0, 0.1) is 63.1 Å². The minimum Gasteiger partial charge on any atom is -0.508 e. The quantitative estimate of drug-likeness (QED) is 0.248. The third kappa shape index (κ3) is 4.52. The van der Waals surface area contributed by atoms with Crippen molar-refractivity contribution in [3.05, 3.63) is 35.9 Å². The molecule has 0 aromatic heterocycles. The summed E-state index contributed by atoms with van der Waals surface area (Å²) in [5.41, 5.74) is 2.91. The molecule has 0 bridgehead atoms. The first-order chi connectivity index (χ1) is 19.9. The summed E-state index contributed by atoms with van der Waals surface area (Å²) < 4.78 is 6.12. The van der Waals surface area contributed by atoms with Gasteiger partial charge in [0.25, 0.3) is 0 Å². The van der Waals surface area contributed by atoms with Crippen molar-refractivity contribution < 1.29 is 14.6 Å². The summed E-state index contributed by atoms with van der Waals surface area (Å²) in [6, 6.07) is 6.91. The number of carbonyl (C=O) groups excluding carboxylic acids is 1. The molecule has 0 aliphatic heterocycles. The molecule has 5 aliphatic rings. The number of hydrogen-bond donors (Lipinski definition) is 1. The Morgan fingerprint density at radius 1 is 0.929 bits per heavy atom. The summed E-state index contributed by atoms with van der Waals surface area (Å²) in [6.45, 7) is 17.7. The lowest BCUT2D eigenvalue weighted by Crippen LogP contribution is -2.56. The molecule has 6 rings (SSSR count). The van der Waals surface area contributed by atoms with Gasteiger partial charge in [-0.1, -0.05) is 73.4 Å². The van der Waals surface area contributed by atoms with Gasteiger partial charge in [0, 0.05) is 6.08 Å². The molecule has 5 aliphatic carbocycles. The van der Waals surface area contributed by atoms with Crippen LogP contribution in [0.2, 0.25) is 0 Å². The van der Waals surface area contributed by atoms with Gasteiger partial charge in [0.2, 0.25) is 0 Å². The normalized spacial score (nSPS) is 43.7. The first-order valence-electron chi connectivity index (χ1n) is 17.5. The van der Waals surface area contributed by atoms with Gasteiger partial charge in [0.1, 0.15) is 11.9 Å². The monoisotopic (exact) mass is 574 g/mol. The molecular weight excluding hydrogens is 516 g/mol. The van der Waals surface area contributed by atoms with Gasteiger partial charge in [0.05, 0.1) is 0 Å². The van der Waals surface area contributed by atoms with E-state index in [-0.39, 0.29) is 17.8 Å². The van der Waals surface area contributed by atoms with Gasteiger partial charge in [-0.15, -0.1) is 0 Å². The van der Waals surface area contributed by atoms with Crippen LogP contribution in [0.5, 0.6) is 5.75 Å². The second-order valence-electron chi connectivity index (χ2n) is 16.8. The fourth-order valence-electron chi connectivity index (χ4n) is 12.1. The number of benzene rings is 1. The third-order valence-electron chi connectivity index (χ3n) is 15.2. The number of carbonyl (C=O) groups is 1. The van der Waals surface area contributed by atoms with Crippen molar-refractivity contribution in [1.82, 2.24) is 0 Å². The van der Waals surface area contributed by atoms with E-state index >= 15 is 0 Å². The van der Waals surface area contributed by atoms with Gasteiger partial charge < -0.3 is 9.84 Å². The largest absolute Gasteiger partial charge is 0.508 e. The molecule has 1 N–H and O–H groups in total. The Bertz CT molecular complexity index is 1180. The van der Waals surface area contributed by atoms with Crippen LogP contribution in [0.4, 0.5) is 0 Å². The average Bonchev–Trinajstić information content (AvgIpc) is 3.54. The maximum absolute atomic E-state index is 12.8. The molecule has 0 radical (unpaired) electrons. The molecule has 11 atom stereocenters. The van der Waals surface area contributed by atoms with E-state index in [9.17, 15) is 9.90 Å². The molecule has 5 fully saturated rings. The van der Waals surface area contributed by atoms with E-state index in [0.29, 0.717) is 33.5 Å². The highest BCUT2D eigenvalue weighted by atomic mass is 16.5. The van der Waals surface area contributed by atoms with Crippen LogP contribution in [0.1, 0.15) is 125 Å². The van der Waals surface area contributed by atoms with Crippen molar-refractivity contribution in [3.63, 3.8) is 0 Å². The van der Waals surface area contributed by atoms with Gasteiger partial charge in [-0.3, -0.25) is 0 Å². The molecule has 1 aromatic rings. The van der Waals surface area contributed by atoms with Crippen molar-refractivity contribution >= 4 is 12.0 Å². The van der Waals surface area contributed by atoms with E-state index in [4.69, 9.17) is 4.74 Å². The van der Waals surface area contributed by atoms with Crippen LogP contribution in [0.3, 0.4) is 0 Å². The van der Waals surface area contributed by atoms with E-state index in [1.165, 1.54) is 64.2 Å². The topological polar surface area (TPSA) is 46.5 Å². The molecule has 0 saturated heterocycles. The van der Waals surface area contributed by atoms with E-state index < -0.39 is 0 Å². The highest BCUT2D eigenvalue weighted by Gasteiger charge is 2.81. The van der Waals surface area contributed by atoms with Crippen molar-refractivity contribution in [3.8, 4) is 5.75 Å². The Morgan fingerprint density at radius 2 is 1.67 bits per heavy atom. The highest BCUT2D eigenvalue weighted by Crippen LogP contribution is 2.88. The van der Waals surface area contributed by atoms with Crippen molar-refractivity contribution in [2.45, 2.75) is 125 Å². The SMILES string of the molecule is CC(C)C(C)CCC(C)C1CCC2(C)C3CCC4C(C)C(OC(=O)C=Cc5ccc(O)cc5)CCC45CC35CCC12C. The Kier molecular flexibility index (Phi) is 7.70. The van der Waals surface area contributed by atoms with E-state index in [2.05, 4.69) is 48.5 Å². The van der Waals surface area contributed by atoms with Crippen molar-refractivity contribution in [1.29, 1.82) is 0 Å². The number of fused-ring (bicyclic) bond motifs is 2. The van der Waals surface area contributed by atoms with Crippen LogP contribution in [0.15, 0.2) is 30.3 Å². The molecule has 232 valence electrons. The number of esters is 1. The van der Waals surface area contributed by atoms with Crippen LogP contribution in [-0.4, -0.2) is 17.2 Å². The minimum atomic E-state index is -0.232. The summed E-state index contributed by atoms with van der Waals surface area (Å²) in [7, 11) is 0. The molecule has 0 heterocycles. The summed E-state index contributed by atoms with van der Waals surface area (Å²) >= 11 is 0. The lowest BCUT2D eigenvalue weighted by molar-refractivity contribution is -0.162. The first kappa shape index (κ1) is 30.3. The lowest BCUT2D eigenvalue weighted by Gasteiger charge is -2.62. The number of aromatic hydroxyl groups is 1. The molecule has 3 heteroatoms. The van der Waals surface area contributed by atoms with E-state index in [1.54, 1.807) is 24.3 Å². The smallest absolute Gasteiger partial charge is 0.331 e. The summed E-state index contributed by atoms with van der Waals surface area (Å²) in [5.74, 6) is 5.36. The number of hydrogen-bond acceptors (Lipinski definition) is 3. The standard InChI is InChI=1S/C39H58O3/c1-25(2)26(3)8-9-27(4)31-18-20-37(7)34-16-15-32-28(5)33(42-35(41)17-12-29-10-13-30(40)14-11-29)19-21-38(32)24-39(34,38)23-22-36(31,37)6/h10-14,17,25-28,31-34,40H,8-9,15-16,18-24H2,1-7H3. The van der Waals surface area contributed by atoms with Crippen LogP contribution >= 0.6 is 0 Å². The zero-order valence-electron chi connectivity index (χ0n) is 27.6. The van der Waals surface area contributed by atoms with Gasteiger partial charge in [-0.25, -0.2) is 4.79 Å². The highest BCUT2D eigenvalue weighted by molar-refractivity contribution is 5.87. The first-order valence-corrected chi connectivity index (χ1v) is 17.5. The minimum absolute atomic E-state index is 0.0289. The summed E-state index contributed by atoms with van der Waals surface area (Å²) in [6.07, 6.45) is 18.3. The van der Waals surface area contributed by atoms with Crippen LogP contribution < -0.4 is 0 Å². The van der Waals surface area contributed by atoms with Gasteiger partial charge in [-0.2, -0.15) is 0 Å². The van der Waals surface area contributed by atoms with Gasteiger partial charge >= 0.3 is 5.97 Å². The second kappa shape index (κ2) is 10.7. The van der Waals surface area contributed by atoms with Gasteiger partial charge in [0.15, 0.2) is 0 Å². The third-order valence-corrected chi connectivity index (χ3v) is 15.2. The van der Waals surface area contributed by atoms with Crippen molar-refractivity contribution in [2.24, 2.45) is 63.1 Å². The average molecular weight is 575 g/mol. The lowest BCUT2D eigenvalue weighted by atomic mass is 9.43. The van der Waals surface area contributed by atoms with Crippen LogP contribution in [0.25, 0.3) is 6.08 Å². The number of phenolic OH excluding ortho intramolecular Hbond substituents is 1. The molecule has 0 amide bonds. The molecule has 11 unspecified atom stereocenters. The van der Waals surface area contributed by atoms with Gasteiger partial charge in [-0.05, 0) is 145 Å². The molecule has 5 saturated carbocycles. The molecular formula is C39H58O3. The fraction of sp³-hybridized carbons (Fsp3) is 0.769. The number of phenols is 1. The second-order valence-corrected chi connectivity index (χ2v) is 16.8. The van der Waals surface area contributed by atoms with Crippen LogP contribution in [-0.2, 0) is 9.53 Å². The Hall–Kier alpha value is -1.77. The predicted molar refractivity (Wildman–Crippen MR) is 172 cm³/mol. The summed E-state index contributed by atoms with van der Waals surface area (Å²) in [4.78, 5) is 12.8. The Labute approximate surface area is 256 Å². The number of ether oxygens (including phenoxy) is 1. The Morgan fingerprint density at radius 3 is 2.38 bits per heavy atom. The maximum atomic E-state index is 12.8. The molecule has 1 aromatic carbocycles. The van der Waals surface area contributed by atoms with Crippen molar-refractivity contribution in [2.75, 3.05) is 0 Å². The maximum Gasteiger partial charge on any atom is 0.331 e. The number of rotatable bonds is 8. The Balaban J connectivity index is 1.12. The van der Waals surface area contributed by atoms with E-state index in [1.807, 2.05) is 12.1 Å². The molecule has 3 nitrogen and oxygen atoms in total. The molecule has 42 heavy (non-hydrogen) atoms. The predicted octanol–water partition coefficient (Wildman–Crippen LogP) is 10.1. The van der Waals surface area contributed by atoms with E-state index in [0.717, 1.165) is 41.6 Å². The molecule has 2 spiro atoms. The zero-order chi connectivity index (χ0) is 30.1.